The van der Waals surface area contributed by atoms with Gasteiger partial charge in [-0.15, -0.1) is 0 Å². The number of carbonyl (C=O) groups excluding carboxylic acids is 1. The van der Waals surface area contributed by atoms with Crippen LogP contribution in [0, 0.1) is 13.8 Å². The first-order valence-corrected chi connectivity index (χ1v) is 9.07. The molecule has 4 rings (SSSR count). The van der Waals surface area contributed by atoms with Gasteiger partial charge in [0, 0.05) is 24.5 Å². The minimum atomic E-state index is -0.395. The molecule has 5 nitrogen and oxygen atoms in total. The highest BCUT2D eigenvalue weighted by molar-refractivity contribution is 5.84. The van der Waals surface area contributed by atoms with Crippen molar-refractivity contribution in [3.8, 4) is 0 Å². The zero-order valence-corrected chi connectivity index (χ0v) is 15.5. The molecule has 1 aliphatic heterocycles. The van der Waals surface area contributed by atoms with Crippen molar-refractivity contribution >= 4 is 16.9 Å². The summed E-state index contributed by atoms with van der Waals surface area (Å²) < 4.78 is 5.47. The van der Waals surface area contributed by atoms with Gasteiger partial charge in [0.2, 0.25) is 5.91 Å². The Morgan fingerprint density at radius 3 is 2.67 bits per heavy atom. The maximum atomic E-state index is 12.1. The average Bonchev–Trinajstić information content (AvgIpc) is 2.64. The number of aryl methyl sites for hydroxylation is 2. The second-order valence-corrected chi connectivity index (χ2v) is 7.27. The molecule has 3 aromatic rings. The standard InChI is InChI=1S/C22H22N2O3/c1-13-7-8-18-17(10-20(25)27-21(18)14(13)2)12-24-11-16-6-4-3-5-15(16)9-19(24)22(23)26/h3-8,10,19H,9,11-12H2,1-2H3,(H2,23,26)/t19-/m0/s1. The number of nitrogens with two attached hydrogens (primary N) is 1. The van der Waals surface area contributed by atoms with Gasteiger partial charge in [-0.2, -0.15) is 0 Å². The number of nitrogens with zero attached hydrogens (tertiary/aromatic N) is 1. The number of hydrogen-bond donors (Lipinski definition) is 1. The quantitative estimate of drug-likeness (QED) is 0.727. The molecule has 27 heavy (non-hydrogen) atoms. The van der Waals surface area contributed by atoms with E-state index in [0.717, 1.165) is 27.6 Å². The van der Waals surface area contributed by atoms with E-state index >= 15 is 0 Å². The van der Waals surface area contributed by atoms with Gasteiger partial charge in [-0.1, -0.05) is 36.4 Å². The number of hydrogen-bond acceptors (Lipinski definition) is 4. The fraction of sp³-hybridized carbons (Fsp3) is 0.273. The van der Waals surface area contributed by atoms with Crippen LogP contribution in [0.4, 0.5) is 0 Å². The molecular formula is C22H22N2O3. The van der Waals surface area contributed by atoms with Gasteiger partial charge < -0.3 is 10.2 Å². The van der Waals surface area contributed by atoms with Crippen LogP contribution in [0.5, 0.6) is 0 Å². The van der Waals surface area contributed by atoms with Gasteiger partial charge in [-0.25, -0.2) is 4.79 Å². The summed E-state index contributed by atoms with van der Waals surface area (Å²) in [5.74, 6) is -0.344. The molecule has 0 bridgehead atoms. The van der Waals surface area contributed by atoms with Crippen LogP contribution in [-0.4, -0.2) is 16.8 Å². The van der Waals surface area contributed by atoms with E-state index in [1.807, 2.05) is 49.1 Å². The van der Waals surface area contributed by atoms with E-state index in [1.165, 1.54) is 11.6 Å². The summed E-state index contributed by atoms with van der Waals surface area (Å²) in [6.45, 7) is 5.03. The molecule has 2 N–H and O–H groups in total. The Balaban J connectivity index is 1.78. The van der Waals surface area contributed by atoms with Gasteiger partial charge in [0.15, 0.2) is 0 Å². The van der Waals surface area contributed by atoms with Crippen LogP contribution in [0.2, 0.25) is 0 Å². The van der Waals surface area contributed by atoms with Gasteiger partial charge in [-0.3, -0.25) is 9.69 Å². The summed E-state index contributed by atoms with van der Waals surface area (Å²) >= 11 is 0. The number of benzene rings is 2. The number of amides is 1. The summed E-state index contributed by atoms with van der Waals surface area (Å²) in [7, 11) is 0. The van der Waals surface area contributed by atoms with E-state index in [1.54, 1.807) is 0 Å². The van der Waals surface area contributed by atoms with Gasteiger partial charge in [0.25, 0.3) is 0 Å². The van der Waals surface area contributed by atoms with Crippen LogP contribution < -0.4 is 11.4 Å². The SMILES string of the molecule is Cc1ccc2c(CN3Cc4ccccc4C[C@H]3C(N)=O)cc(=O)oc2c1C. The van der Waals surface area contributed by atoms with Crippen LogP contribution in [0.15, 0.2) is 51.7 Å². The maximum Gasteiger partial charge on any atom is 0.336 e. The van der Waals surface area contributed by atoms with Gasteiger partial charge >= 0.3 is 5.63 Å². The normalized spacial score (nSPS) is 17.0. The molecule has 0 spiro atoms. The molecular weight excluding hydrogens is 340 g/mol. The fourth-order valence-electron chi connectivity index (χ4n) is 3.90. The number of carbonyl (C=O) groups is 1. The number of primary amides is 1. The Bertz CT molecular complexity index is 1100. The first kappa shape index (κ1) is 17.5. The van der Waals surface area contributed by atoms with Crippen molar-refractivity contribution in [2.24, 2.45) is 5.73 Å². The first-order chi connectivity index (χ1) is 12.9. The second kappa shape index (κ2) is 6.67. The van der Waals surface area contributed by atoms with E-state index in [4.69, 9.17) is 10.2 Å². The smallest absolute Gasteiger partial charge is 0.336 e. The molecule has 1 aliphatic rings. The Kier molecular flexibility index (Phi) is 4.32. The van der Waals surface area contributed by atoms with Crippen molar-refractivity contribution in [3.63, 3.8) is 0 Å². The zero-order valence-electron chi connectivity index (χ0n) is 15.5. The molecule has 0 unspecified atom stereocenters. The second-order valence-electron chi connectivity index (χ2n) is 7.27. The Morgan fingerprint density at radius 1 is 1.19 bits per heavy atom. The first-order valence-electron chi connectivity index (χ1n) is 9.07. The number of fused-ring (bicyclic) bond motifs is 2. The lowest BCUT2D eigenvalue weighted by atomic mass is 9.93. The van der Waals surface area contributed by atoms with Crippen LogP contribution in [0.1, 0.15) is 27.8 Å². The topological polar surface area (TPSA) is 76.5 Å². The van der Waals surface area contributed by atoms with Crippen molar-refractivity contribution in [2.45, 2.75) is 39.4 Å². The molecule has 1 amide bonds. The van der Waals surface area contributed by atoms with E-state index in [9.17, 15) is 9.59 Å². The van der Waals surface area contributed by atoms with E-state index in [0.29, 0.717) is 25.1 Å². The van der Waals surface area contributed by atoms with Crippen LogP contribution >= 0.6 is 0 Å². The molecule has 5 heteroatoms. The third-order valence-corrected chi connectivity index (χ3v) is 5.57. The molecule has 2 heterocycles. The van der Waals surface area contributed by atoms with E-state index in [2.05, 4.69) is 6.07 Å². The van der Waals surface area contributed by atoms with Crippen LogP contribution in [-0.2, 0) is 24.3 Å². The molecule has 0 saturated heterocycles. The molecule has 1 aromatic heterocycles. The zero-order chi connectivity index (χ0) is 19.1. The molecule has 138 valence electrons. The monoisotopic (exact) mass is 362 g/mol. The summed E-state index contributed by atoms with van der Waals surface area (Å²) in [6, 6.07) is 13.2. The molecule has 1 atom stereocenters. The third-order valence-electron chi connectivity index (χ3n) is 5.57. The lowest BCUT2D eigenvalue weighted by molar-refractivity contribution is -0.124. The Labute approximate surface area is 157 Å². The summed E-state index contributed by atoms with van der Waals surface area (Å²) in [5.41, 5.74) is 11.2. The van der Waals surface area contributed by atoms with Gasteiger partial charge in [0.05, 0.1) is 6.04 Å². The summed E-state index contributed by atoms with van der Waals surface area (Å²) in [4.78, 5) is 26.3. The largest absolute Gasteiger partial charge is 0.422 e. The highest BCUT2D eigenvalue weighted by atomic mass is 16.4. The lowest BCUT2D eigenvalue weighted by Gasteiger charge is -2.35. The van der Waals surface area contributed by atoms with Crippen molar-refractivity contribution in [1.29, 1.82) is 0 Å². The van der Waals surface area contributed by atoms with Crippen molar-refractivity contribution in [2.75, 3.05) is 0 Å². The average molecular weight is 362 g/mol. The van der Waals surface area contributed by atoms with Gasteiger partial charge in [0.1, 0.15) is 5.58 Å². The highest BCUT2D eigenvalue weighted by Crippen LogP contribution is 2.28. The minimum absolute atomic E-state index is 0.344. The molecule has 2 aromatic carbocycles. The summed E-state index contributed by atoms with van der Waals surface area (Å²) in [6.07, 6.45) is 0.586. The molecule has 0 fully saturated rings. The number of rotatable bonds is 3. The maximum absolute atomic E-state index is 12.1. The van der Waals surface area contributed by atoms with Gasteiger partial charge in [-0.05, 0) is 48.1 Å². The minimum Gasteiger partial charge on any atom is -0.422 e. The van der Waals surface area contributed by atoms with Crippen LogP contribution in [0.3, 0.4) is 0 Å². The highest BCUT2D eigenvalue weighted by Gasteiger charge is 2.30. The molecule has 0 aliphatic carbocycles. The fourth-order valence-corrected chi connectivity index (χ4v) is 3.90. The predicted octanol–water partition coefficient (Wildman–Crippen LogP) is 2.82. The molecule has 0 saturated carbocycles. The van der Waals surface area contributed by atoms with Crippen molar-refractivity contribution in [1.82, 2.24) is 4.90 Å². The Hall–Kier alpha value is -2.92. The van der Waals surface area contributed by atoms with Crippen LogP contribution in [0.25, 0.3) is 11.0 Å². The van der Waals surface area contributed by atoms with Crippen molar-refractivity contribution < 1.29 is 9.21 Å². The predicted molar refractivity (Wildman–Crippen MR) is 104 cm³/mol. The lowest BCUT2D eigenvalue weighted by Crippen LogP contribution is -2.48. The van der Waals surface area contributed by atoms with Crippen molar-refractivity contribution in [3.05, 3.63) is 80.7 Å². The Morgan fingerprint density at radius 2 is 1.93 bits per heavy atom. The van der Waals surface area contributed by atoms with E-state index in [-0.39, 0.29) is 11.5 Å². The third kappa shape index (κ3) is 3.15. The summed E-state index contributed by atoms with van der Waals surface area (Å²) in [5, 5.41) is 0.903. The molecule has 0 radical (unpaired) electrons. The van der Waals surface area contributed by atoms with E-state index < -0.39 is 6.04 Å².